The Morgan fingerprint density at radius 3 is 2.46 bits per heavy atom. The van der Waals surface area contributed by atoms with Gasteiger partial charge in [-0.2, -0.15) is 0 Å². The molecule has 0 aliphatic heterocycles. The Hall–Kier alpha value is 0.480. The van der Waals surface area contributed by atoms with E-state index in [1.54, 1.807) is 7.11 Å². The van der Waals surface area contributed by atoms with Crippen LogP contribution in [0.5, 0.6) is 0 Å². The van der Waals surface area contributed by atoms with Gasteiger partial charge in [-0.3, -0.25) is 4.57 Å². The minimum absolute atomic E-state index is 0.282. The first kappa shape index (κ1) is 11.6. The van der Waals surface area contributed by atoms with E-state index in [0.717, 1.165) is 12.8 Å². The Morgan fingerprint density at radius 2 is 2.00 bits per heavy atom. The van der Waals surface area contributed by atoms with Gasteiger partial charge in [0.25, 0.3) is 0 Å². The average Bonchev–Trinajstić information content (AvgIpc) is 2.19. The van der Waals surface area contributed by atoms with Crippen molar-refractivity contribution < 1.29 is 9.09 Å². The van der Waals surface area contributed by atoms with Gasteiger partial charge in [-0.1, -0.05) is 19.3 Å². The Balaban J connectivity index is 2.57. The molecule has 4 heteroatoms. The van der Waals surface area contributed by atoms with E-state index in [1.165, 1.54) is 19.3 Å². The standard InChI is InChI=1S/C9H18ClO2P/c1-12-13(11,8-7-10)9-5-3-2-4-6-9/h9H,2-8H2,1H3. The Labute approximate surface area is 85.4 Å². The van der Waals surface area contributed by atoms with Crippen LogP contribution in [-0.4, -0.2) is 24.8 Å². The van der Waals surface area contributed by atoms with Crippen molar-refractivity contribution in [2.24, 2.45) is 0 Å². The Morgan fingerprint density at radius 1 is 1.38 bits per heavy atom. The zero-order valence-electron chi connectivity index (χ0n) is 8.17. The molecule has 0 radical (unpaired) electrons. The SMILES string of the molecule is COP(=O)(CCCl)C1CCCCC1. The van der Waals surface area contributed by atoms with Gasteiger partial charge in [-0.05, 0) is 12.8 Å². The Bertz CT molecular complexity index is 190. The molecule has 0 aromatic carbocycles. The van der Waals surface area contributed by atoms with Crippen LogP contribution in [0.3, 0.4) is 0 Å². The summed E-state index contributed by atoms with van der Waals surface area (Å²) in [6, 6.07) is 0. The summed E-state index contributed by atoms with van der Waals surface area (Å²) in [6.07, 6.45) is 6.32. The van der Waals surface area contributed by atoms with Crippen LogP contribution in [0.15, 0.2) is 0 Å². The van der Waals surface area contributed by atoms with Gasteiger partial charge in [-0.15, -0.1) is 11.6 Å². The number of hydrogen-bond acceptors (Lipinski definition) is 2. The summed E-state index contributed by atoms with van der Waals surface area (Å²) in [6.45, 7) is 0. The van der Waals surface area contributed by atoms with Crippen LogP contribution in [0.2, 0.25) is 0 Å². The summed E-state index contributed by atoms with van der Waals surface area (Å²) < 4.78 is 17.4. The number of halogens is 1. The predicted molar refractivity (Wildman–Crippen MR) is 57.1 cm³/mol. The van der Waals surface area contributed by atoms with E-state index in [-0.39, 0.29) is 5.66 Å². The van der Waals surface area contributed by atoms with E-state index in [1.807, 2.05) is 0 Å². The van der Waals surface area contributed by atoms with Crippen LogP contribution in [0.25, 0.3) is 0 Å². The van der Waals surface area contributed by atoms with E-state index in [0.29, 0.717) is 12.0 Å². The molecule has 2 nitrogen and oxygen atoms in total. The molecular formula is C9H18ClO2P. The van der Waals surface area contributed by atoms with E-state index < -0.39 is 7.37 Å². The molecule has 0 amide bonds. The monoisotopic (exact) mass is 224 g/mol. The molecule has 0 N–H and O–H groups in total. The van der Waals surface area contributed by atoms with Crippen LogP contribution in [-0.2, 0) is 9.09 Å². The summed E-state index contributed by atoms with van der Waals surface area (Å²) >= 11 is 5.63. The van der Waals surface area contributed by atoms with Gasteiger partial charge < -0.3 is 4.52 Å². The molecule has 0 saturated heterocycles. The highest BCUT2D eigenvalue weighted by Gasteiger charge is 2.33. The van der Waals surface area contributed by atoms with Crippen molar-refractivity contribution in [1.82, 2.24) is 0 Å². The summed E-state index contributed by atoms with van der Waals surface area (Å²) in [5.74, 6) is 0.446. The van der Waals surface area contributed by atoms with E-state index >= 15 is 0 Å². The van der Waals surface area contributed by atoms with Crippen molar-refractivity contribution in [3.05, 3.63) is 0 Å². The molecule has 1 unspecified atom stereocenters. The molecule has 0 spiro atoms. The quantitative estimate of drug-likeness (QED) is 0.540. The minimum atomic E-state index is -2.41. The highest BCUT2D eigenvalue weighted by Crippen LogP contribution is 2.55. The molecule has 1 rings (SSSR count). The second-order valence-corrected chi connectivity index (χ2v) is 6.99. The molecule has 1 fully saturated rings. The van der Waals surface area contributed by atoms with Crippen molar-refractivity contribution in [2.45, 2.75) is 37.8 Å². The van der Waals surface area contributed by atoms with Gasteiger partial charge in [0.15, 0.2) is 0 Å². The molecule has 13 heavy (non-hydrogen) atoms. The van der Waals surface area contributed by atoms with Crippen molar-refractivity contribution in [2.75, 3.05) is 19.2 Å². The lowest BCUT2D eigenvalue weighted by atomic mass is 10.0. The summed E-state index contributed by atoms with van der Waals surface area (Å²) in [7, 11) is -0.850. The zero-order chi connectivity index (χ0) is 9.73. The van der Waals surface area contributed by atoms with Gasteiger partial charge in [0.05, 0.1) is 0 Å². The fourth-order valence-electron chi connectivity index (χ4n) is 2.02. The molecule has 1 saturated carbocycles. The van der Waals surface area contributed by atoms with Crippen LogP contribution in [0.1, 0.15) is 32.1 Å². The van der Waals surface area contributed by atoms with Gasteiger partial charge >= 0.3 is 0 Å². The normalized spacial score (nSPS) is 24.2. The number of alkyl halides is 1. The van der Waals surface area contributed by atoms with E-state index in [4.69, 9.17) is 16.1 Å². The Kier molecular flexibility index (Phi) is 4.78. The first-order chi connectivity index (χ1) is 6.23. The largest absolute Gasteiger partial charge is 0.332 e. The predicted octanol–water partition coefficient (Wildman–Crippen LogP) is 3.48. The molecule has 0 aromatic heterocycles. The maximum absolute atomic E-state index is 12.2. The van der Waals surface area contributed by atoms with Crippen LogP contribution < -0.4 is 0 Å². The zero-order valence-corrected chi connectivity index (χ0v) is 9.82. The topological polar surface area (TPSA) is 26.3 Å². The van der Waals surface area contributed by atoms with Crippen LogP contribution in [0.4, 0.5) is 0 Å². The first-order valence-electron chi connectivity index (χ1n) is 4.93. The fourth-order valence-corrected chi connectivity index (χ4v) is 4.96. The van der Waals surface area contributed by atoms with E-state index in [9.17, 15) is 4.57 Å². The van der Waals surface area contributed by atoms with E-state index in [2.05, 4.69) is 0 Å². The third-order valence-corrected chi connectivity index (χ3v) is 6.38. The van der Waals surface area contributed by atoms with Gasteiger partial charge in [0.1, 0.15) is 0 Å². The first-order valence-corrected chi connectivity index (χ1v) is 7.35. The smallest absolute Gasteiger partial charge is 0.207 e. The summed E-state index contributed by atoms with van der Waals surface area (Å²) in [4.78, 5) is 0. The molecule has 1 atom stereocenters. The summed E-state index contributed by atoms with van der Waals surface area (Å²) in [5.41, 5.74) is 0.282. The molecule has 78 valence electrons. The maximum atomic E-state index is 12.2. The molecule has 1 aliphatic carbocycles. The van der Waals surface area contributed by atoms with Crippen molar-refractivity contribution >= 4 is 19.0 Å². The third kappa shape index (κ3) is 2.97. The minimum Gasteiger partial charge on any atom is -0.332 e. The molecule has 0 aromatic rings. The van der Waals surface area contributed by atoms with Gasteiger partial charge in [0.2, 0.25) is 7.37 Å². The average molecular weight is 225 g/mol. The van der Waals surface area contributed by atoms with Crippen LogP contribution >= 0.6 is 19.0 Å². The molecule has 1 aliphatic rings. The second kappa shape index (κ2) is 5.38. The highest BCUT2D eigenvalue weighted by atomic mass is 35.5. The lowest BCUT2D eigenvalue weighted by molar-refractivity contribution is 0.365. The van der Waals surface area contributed by atoms with Crippen LogP contribution in [0, 0.1) is 0 Å². The summed E-state index contributed by atoms with van der Waals surface area (Å²) in [5, 5.41) is 0. The van der Waals surface area contributed by atoms with Crippen molar-refractivity contribution in [3.63, 3.8) is 0 Å². The molecule has 0 heterocycles. The lowest BCUT2D eigenvalue weighted by Gasteiger charge is -2.28. The lowest BCUT2D eigenvalue weighted by Crippen LogP contribution is -2.16. The highest BCUT2D eigenvalue weighted by molar-refractivity contribution is 7.59. The molecule has 0 bridgehead atoms. The van der Waals surface area contributed by atoms with Crippen molar-refractivity contribution in [3.8, 4) is 0 Å². The number of rotatable bonds is 4. The van der Waals surface area contributed by atoms with Gasteiger partial charge in [0, 0.05) is 24.8 Å². The van der Waals surface area contributed by atoms with Crippen molar-refractivity contribution in [1.29, 1.82) is 0 Å². The maximum Gasteiger partial charge on any atom is 0.207 e. The van der Waals surface area contributed by atoms with Gasteiger partial charge in [-0.25, -0.2) is 0 Å². The second-order valence-electron chi connectivity index (χ2n) is 3.61. The molecular weight excluding hydrogens is 207 g/mol. The third-order valence-electron chi connectivity index (χ3n) is 2.84. The fraction of sp³-hybridized carbons (Fsp3) is 1.00. The number of hydrogen-bond donors (Lipinski definition) is 0.